The number of fused-ring (bicyclic) bond motifs is 3. The average molecular weight is 234 g/mol. The van der Waals surface area contributed by atoms with Gasteiger partial charge >= 0.3 is 0 Å². The third-order valence-corrected chi connectivity index (χ3v) is 5.52. The Morgan fingerprint density at radius 3 is 2.82 bits per heavy atom. The van der Waals surface area contributed by atoms with Crippen LogP contribution >= 0.6 is 0 Å². The molecule has 0 amide bonds. The Morgan fingerprint density at radius 2 is 2.18 bits per heavy atom. The number of ether oxygens (including phenoxy) is 1. The van der Waals surface area contributed by atoms with E-state index in [1.54, 1.807) is 0 Å². The highest BCUT2D eigenvalue weighted by Crippen LogP contribution is 2.62. The first-order valence-corrected chi connectivity index (χ1v) is 6.73. The van der Waals surface area contributed by atoms with Crippen molar-refractivity contribution in [2.75, 3.05) is 0 Å². The van der Waals surface area contributed by atoms with Crippen LogP contribution in [0.4, 0.5) is 0 Å². The Kier molecular flexibility index (Phi) is 2.17. The lowest BCUT2D eigenvalue weighted by Gasteiger charge is -2.48. The van der Waals surface area contributed by atoms with E-state index in [1.165, 1.54) is 12.0 Å². The van der Waals surface area contributed by atoms with Crippen molar-refractivity contribution in [1.29, 1.82) is 0 Å². The molecule has 1 aliphatic heterocycles. The number of hydrogen-bond donors (Lipinski definition) is 0. The van der Waals surface area contributed by atoms with Crippen molar-refractivity contribution < 1.29 is 9.53 Å². The average Bonchev–Trinajstić information content (AvgIpc) is 2.91. The Hall–Kier alpha value is -0.630. The maximum Gasteiger partial charge on any atom is 0.165 e. The molecule has 0 spiro atoms. The van der Waals surface area contributed by atoms with E-state index < -0.39 is 0 Å². The topological polar surface area (TPSA) is 29.6 Å². The Bertz CT molecular complexity index is 400. The highest BCUT2D eigenvalue weighted by atomic mass is 16.6. The smallest absolute Gasteiger partial charge is 0.165 e. The maximum absolute atomic E-state index is 12.0. The number of epoxide rings is 1. The van der Waals surface area contributed by atoms with Gasteiger partial charge in [0, 0.05) is 6.42 Å². The summed E-state index contributed by atoms with van der Waals surface area (Å²) in [5.74, 6) is 1.50. The van der Waals surface area contributed by atoms with E-state index in [-0.39, 0.29) is 17.1 Å². The molecule has 1 saturated heterocycles. The third-order valence-electron chi connectivity index (χ3n) is 5.52. The molecule has 0 radical (unpaired) electrons. The van der Waals surface area contributed by atoms with Gasteiger partial charge in [0.05, 0.1) is 0 Å². The van der Waals surface area contributed by atoms with Crippen LogP contribution in [0, 0.1) is 17.3 Å². The lowest BCUT2D eigenvalue weighted by atomic mass is 9.54. The Balaban J connectivity index is 1.90. The van der Waals surface area contributed by atoms with Crippen LogP contribution in [-0.4, -0.2) is 17.5 Å². The van der Waals surface area contributed by atoms with Gasteiger partial charge in [0.25, 0.3) is 0 Å². The maximum atomic E-state index is 12.0. The zero-order chi connectivity index (χ0) is 12.4. The number of ketones is 1. The highest BCUT2D eigenvalue weighted by molar-refractivity contribution is 5.89. The first-order chi connectivity index (χ1) is 7.87. The second-order valence-corrected chi connectivity index (χ2v) is 6.85. The van der Waals surface area contributed by atoms with E-state index in [0.717, 1.165) is 19.3 Å². The summed E-state index contributed by atoms with van der Waals surface area (Å²) in [6, 6.07) is 0. The normalized spacial score (nSPS) is 52.6. The zero-order valence-corrected chi connectivity index (χ0v) is 11.1. The van der Waals surface area contributed by atoms with E-state index in [9.17, 15) is 4.79 Å². The van der Waals surface area contributed by atoms with Crippen LogP contribution in [0.15, 0.2) is 12.2 Å². The number of rotatable bonds is 1. The number of carbonyl (C=O) groups excluding carboxylic acids is 1. The summed E-state index contributed by atoms with van der Waals surface area (Å²) in [5.41, 5.74) is 1.31. The van der Waals surface area contributed by atoms with Crippen molar-refractivity contribution in [2.24, 2.45) is 17.3 Å². The van der Waals surface area contributed by atoms with Crippen LogP contribution in [0.25, 0.3) is 0 Å². The fourth-order valence-electron chi connectivity index (χ4n) is 4.31. The van der Waals surface area contributed by atoms with Gasteiger partial charge in [-0.25, -0.2) is 0 Å². The highest BCUT2D eigenvalue weighted by Gasteiger charge is 2.69. The van der Waals surface area contributed by atoms with Crippen LogP contribution in [0.2, 0.25) is 0 Å². The van der Waals surface area contributed by atoms with Gasteiger partial charge in [0.2, 0.25) is 0 Å². The second-order valence-electron chi connectivity index (χ2n) is 6.85. The molecule has 3 fully saturated rings. The molecule has 2 heteroatoms. The molecule has 2 aliphatic carbocycles. The van der Waals surface area contributed by atoms with Gasteiger partial charge in [-0.15, -0.1) is 0 Å². The fourth-order valence-corrected chi connectivity index (χ4v) is 4.31. The summed E-state index contributed by atoms with van der Waals surface area (Å²) >= 11 is 0. The monoisotopic (exact) mass is 234 g/mol. The largest absolute Gasteiger partial charge is 0.358 e. The minimum Gasteiger partial charge on any atom is -0.358 e. The van der Waals surface area contributed by atoms with Crippen molar-refractivity contribution in [2.45, 2.75) is 58.2 Å². The number of Topliss-reactive ketones (excluding diaryl/α,β-unsaturated/α-hetero) is 1. The van der Waals surface area contributed by atoms with E-state index in [4.69, 9.17) is 4.74 Å². The van der Waals surface area contributed by atoms with Gasteiger partial charge in [0.15, 0.2) is 5.78 Å². The molecular weight excluding hydrogens is 212 g/mol. The summed E-state index contributed by atoms with van der Waals surface area (Å²) in [7, 11) is 0. The molecule has 2 nitrogen and oxygen atoms in total. The predicted octanol–water partition coefficient (Wildman–Crippen LogP) is 3.12. The minimum atomic E-state index is -0.155. The van der Waals surface area contributed by atoms with Crippen molar-refractivity contribution in [3.63, 3.8) is 0 Å². The van der Waals surface area contributed by atoms with Gasteiger partial charge < -0.3 is 4.74 Å². The molecule has 0 bridgehead atoms. The van der Waals surface area contributed by atoms with Crippen molar-refractivity contribution in [3.8, 4) is 0 Å². The number of allylic oxidation sites excluding steroid dienone is 1. The van der Waals surface area contributed by atoms with Crippen molar-refractivity contribution >= 4 is 5.78 Å². The molecule has 17 heavy (non-hydrogen) atoms. The molecule has 1 heterocycles. The van der Waals surface area contributed by atoms with Crippen LogP contribution in [0.3, 0.4) is 0 Å². The van der Waals surface area contributed by atoms with Gasteiger partial charge in [-0.1, -0.05) is 19.1 Å². The van der Waals surface area contributed by atoms with Crippen molar-refractivity contribution in [1.82, 2.24) is 0 Å². The quantitative estimate of drug-likeness (QED) is 0.515. The van der Waals surface area contributed by atoms with E-state index in [2.05, 4.69) is 27.4 Å². The standard InChI is InChI=1S/C15H22O2/c1-9(2)10-5-6-14(3)8-11(16)13-15(4,17-13)12(14)7-10/h10,12-13H,1,5-8H2,2-4H3/t10-,12-,13-,14+,15+/m0/s1. The molecule has 0 unspecified atom stereocenters. The number of carbonyl (C=O) groups is 1. The Morgan fingerprint density at radius 1 is 1.47 bits per heavy atom. The van der Waals surface area contributed by atoms with E-state index in [0.29, 0.717) is 17.6 Å². The van der Waals surface area contributed by atoms with Crippen LogP contribution in [0.5, 0.6) is 0 Å². The molecule has 0 N–H and O–H groups in total. The molecule has 0 aromatic carbocycles. The summed E-state index contributed by atoms with van der Waals surface area (Å²) in [5, 5.41) is 0. The molecular formula is C15H22O2. The number of hydrogen-bond acceptors (Lipinski definition) is 2. The molecule has 0 aromatic heterocycles. The summed E-state index contributed by atoms with van der Waals surface area (Å²) in [4.78, 5) is 12.0. The van der Waals surface area contributed by atoms with Crippen LogP contribution in [-0.2, 0) is 9.53 Å². The molecule has 94 valence electrons. The van der Waals surface area contributed by atoms with E-state index in [1.807, 2.05) is 0 Å². The lowest BCUT2D eigenvalue weighted by molar-refractivity contribution is -0.126. The van der Waals surface area contributed by atoms with Gasteiger partial charge in [-0.2, -0.15) is 0 Å². The summed E-state index contributed by atoms with van der Waals surface area (Å²) in [6.45, 7) is 10.7. The van der Waals surface area contributed by atoms with Crippen LogP contribution < -0.4 is 0 Å². The second kappa shape index (κ2) is 3.23. The zero-order valence-electron chi connectivity index (χ0n) is 11.1. The lowest BCUT2D eigenvalue weighted by Crippen LogP contribution is -2.49. The molecule has 3 rings (SSSR count). The first-order valence-electron chi connectivity index (χ1n) is 6.73. The summed E-state index contributed by atoms with van der Waals surface area (Å²) < 4.78 is 5.76. The van der Waals surface area contributed by atoms with Gasteiger partial charge in [0.1, 0.15) is 11.7 Å². The minimum absolute atomic E-state index is 0.0931. The molecule has 5 atom stereocenters. The van der Waals surface area contributed by atoms with Crippen molar-refractivity contribution in [3.05, 3.63) is 12.2 Å². The molecule has 0 aromatic rings. The van der Waals surface area contributed by atoms with Gasteiger partial charge in [-0.3, -0.25) is 4.79 Å². The fraction of sp³-hybridized carbons (Fsp3) is 0.800. The Labute approximate surface area is 103 Å². The molecule has 3 aliphatic rings. The summed E-state index contributed by atoms with van der Waals surface area (Å²) in [6.07, 6.45) is 4.13. The van der Waals surface area contributed by atoms with Crippen LogP contribution in [0.1, 0.15) is 46.5 Å². The predicted molar refractivity (Wildman–Crippen MR) is 66.7 cm³/mol. The van der Waals surface area contributed by atoms with Gasteiger partial charge in [-0.05, 0) is 50.4 Å². The van der Waals surface area contributed by atoms with E-state index >= 15 is 0 Å². The first kappa shape index (κ1) is 11.5. The SMILES string of the molecule is C=C(C)[C@H]1CC[C@]2(C)CC(=O)[C@@H]3O[C@]3(C)[C@H]2C1. The third kappa shape index (κ3) is 1.46. The molecule has 2 saturated carbocycles.